The molecule has 0 aliphatic carbocycles. The Bertz CT molecular complexity index is 1120. The van der Waals surface area contributed by atoms with Crippen molar-refractivity contribution in [3.8, 4) is 11.3 Å². The lowest BCUT2D eigenvalue weighted by molar-refractivity contribution is -0.143. The van der Waals surface area contributed by atoms with E-state index in [1.54, 1.807) is 24.3 Å². The summed E-state index contributed by atoms with van der Waals surface area (Å²) in [4.78, 5) is 12.3. The minimum atomic E-state index is -5.01. The van der Waals surface area contributed by atoms with Crippen LogP contribution in [-0.4, -0.2) is 11.0 Å². The van der Waals surface area contributed by atoms with Crippen molar-refractivity contribution >= 4 is 44.9 Å². The molecule has 0 saturated heterocycles. The molecule has 0 bridgehead atoms. The Morgan fingerprint density at radius 2 is 1.44 bits per heavy atom. The van der Waals surface area contributed by atoms with Crippen LogP contribution in [0.25, 0.3) is 11.3 Å². The van der Waals surface area contributed by atoms with Crippen LogP contribution in [0.4, 0.5) is 32.0 Å². The SMILES string of the molecule is O=C(NC(=S)Nc1cc(C(F)(F)F)cc(C(F)(F)F)c1)c1ccc(-c2ccc(Br)cc2)o1. The summed E-state index contributed by atoms with van der Waals surface area (Å²) in [6, 6.07) is 10.8. The number of hydrogen-bond donors (Lipinski definition) is 2. The van der Waals surface area contributed by atoms with E-state index < -0.39 is 40.2 Å². The first-order chi connectivity index (χ1) is 14.8. The Labute approximate surface area is 190 Å². The lowest BCUT2D eigenvalue weighted by Gasteiger charge is -2.15. The molecule has 0 spiro atoms. The second kappa shape index (κ2) is 8.94. The van der Waals surface area contributed by atoms with Crippen LogP contribution in [0.1, 0.15) is 21.7 Å². The van der Waals surface area contributed by atoms with E-state index in [0.717, 1.165) is 4.47 Å². The van der Waals surface area contributed by atoms with E-state index in [9.17, 15) is 31.1 Å². The molecular formula is C20H11BrF6N2O2S. The monoisotopic (exact) mass is 536 g/mol. The molecule has 0 atom stereocenters. The number of amides is 1. The van der Waals surface area contributed by atoms with E-state index >= 15 is 0 Å². The topological polar surface area (TPSA) is 54.3 Å². The van der Waals surface area contributed by atoms with Crippen molar-refractivity contribution in [2.75, 3.05) is 5.32 Å². The van der Waals surface area contributed by atoms with Crippen LogP contribution in [0, 0.1) is 0 Å². The number of nitrogens with one attached hydrogen (secondary N) is 2. The van der Waals surface area contributed by atoms with Gasteiger partial charge >= 0.3 is 12.4 Å². The van der Waals surface area contributed by atoms with Crippen molar-refractivity contribution in [3.63, 3.8) is 0 Å². The number of carbonyl (C=O) groups excluding carboxylic acids is 1. The summed E-state index contributed by atoms with van der Waals surface area (Å²) in [5.41, 5.74) is -2.95. The Balaban J connectivity index is 1.74. The second-order valence-electron chi connectivity index (χ2n) is 6.37. The molecule has 32 heavy (non-hydrogen) atoms. The third kappa shape index (κ3) is 5.88. The normalized spacial score (nSPS) is 11.8. The van der Waals surface area contributed by atoms with Gasteiger partial charge in [0.15, 0.2) is 10.9 Å². The highest BCUT2D eigenvalue weighted by molar-refractivity contribution is 9.10. The predicted octanol–water partition coefficient (Wildman–Crippen LogP) is 6.87. The second-order valence-corrected chi connectivity index (χ2v) is 7.70. The van der Waals surface area contributed by atoms with Gasteiger partial charge in [-0.3, -0.25) is 10.1 Å². The standard InChI is InChI=1S/C20H11BrF6N2O2S/c21-13-3-1-10(2-4-13)15-5-6-16(31-15)17(30)29-18(32)28-14-8-11(19(22,23)24)7-12(9-14)20(25,26)27/h1-9H,(H2,28,29,30,32). The molecule has 3 aromatic rings. The number of thiocarbonyl (C=S) groups is 1. The Morgan fingerprint density at radius 3 is 1.97 bits per heavy atom. The van der Waals surface area contributed by atoms with Gasteiger partial charge in [0.2, 0.25) is 0 Å². The third-order valence-corrected chi connectivity index (χ3v) is 4.76. The van der Waals surface area contributed by atoms with Gasteiger partial charge in [-0.15, -0.1) is 0 Å². The number of alkyl halides is 6. The molecule has 2 aromatic carbocycles. The zero-order valence-corrected chi connectivity index (χ0v) is 18.0. The molecule has 1 aromatic heterocycles. The minimum absolute atomic E-state index is 0.0146. The minimum Gasteiger partial charge on any atom is -0.451 e. The fourth-order valence-electron chi connectivity index (χ4n) is 2.58. The summed E-state index contributed by atoms with van der Waals surface area (Å²) in [6.07, 6.45) is -10.0. The van der Waals surface area contributed by atoms with Gasteiger partial charge in [-0.05, 0) is 54.7 Å². The molecule has 0 saturated carbocycles. The summed E-state index contributed by atoms with van der Waals surface area (Å²) in [5, 5.41) is 3.81. The van der Waals surface area contributed by atoms with E-state index in [1.807, 2.05) is 0 Å². The van der Waals surface area contributed by atoms with Gasteiger partial charge in [-0.1, -0.05) is 28.1 Å². The van der Waals surface area contributed by atoms with Gasteiger partial charge in [0.05, 0.1) is 11.1 Å². The average molecular weight is 537 g/mol. The van der Waals surface area contributed by atoms with Crippen molar-refractivity contribution in [2.45, 2.75) is 12.4 Å². The maximum absolute atomic E-state index is 13.0. The molecule has 0 radical (unpaired) electrons. The quantitative estimate of drug-likeness (QED) is 0.283. The van der Waals surface area contributed by atoms with Crippen molar-refractivity contribution < 1.29 is 35.6 Å². The highest BCUT2D eigenvalue weighted by Crippen LogP contribution is 2.37. The molecule has 0 unspecified atom stereocenters. The van der Waals surface area contributed by atoms with Crippen molar-refractivity contribution in [1.82, 2.24) is 5.32 Å². The van der Waals surface area contributed by atoms with Crippen molar-refractivity contribution in [3.05, 3.63) is 76.0 Å². The molecule has 2 N–H and O–H groups in total. The maximum atomic E-state index is 13.0. The van der Waals surface area contributed by atoms with Crippen LogP contribution in [0.5, 0.6) is 0 Å². The maximum Gasteiger partial charge on any atom is 0.416 e. The van der Waals surface area contributed by atoms with Gasteiger partial charge in [-0.25, -0.2) is 0 Å². The summed E-state index contributed by atoms with van der Waals surface area (Å²) in [5.74, 6) is -0.629. The van der Waals surface area contributed by atoms with Gasteiger partial charge in [0.1, 0.15) is 5.76 Å². The van der Waals surface area contributed by atoms with Crippen LogP contribution in [0.2, 0.25) is 0 Å². The predicted molar refractivity (Wildman–Crippen MR) is 112 cm³/mol. The number of benzene rings is 2. The molecule has 1 amide bonds. The molecule has 0 aliphatic rings. The number of halogens is 7. The molecule has 0 aliphatic heterocycles. The lowest BCUT2D eigenvalue weighted by atomic mass is 10.1. The number of hydrogen-bond acceptors (Lipinski definition) is 3. The Kier molecular flexibility index (Phi) is 6.65. The zero-order valence-electron chi connectivity index (χ0n) is 15.6. The largest absolute Gasteiger partial charge is 0.451 e. The fraction of sp³-hybridized carbons (Fsp3) is 0.100. The zero-order chi connectivity index (χ0) is 23.7. The number of furan rings is 1. The molecule has 12 heteroatoms. The molecule has 1 heterocycles. The number of anilines is 1. The highest BCUT2D eigenvalue weighted by Gasteiger charge is 2.37. The van der Waals surface area contributed by atoms with Crippen LogP contribution >= 0.6 is 28.1 Å². The Morgan fingerprint density at radius 1 is 0.875 bits per heavy atom. The fourth-order valence-corrected chi connectivity index (χ4v) is 3.06. The van der Waals surface area contributed by atoms with Crippen LogP contribution in [0.15, 0.2) is 63.5 Å². The summed E-state index contributed by atoms with van der Waals surface area (Å²) in [7, 11) is 0. The van der Waals surface area contributed by atoms with Crippen LogP contribution < -0.4 is 10.6 Å². The molecule has 4 nitrogen and oxygen atoms in total. The van der Waals surface area contributed by atoms with E-state index in [1.165, 1.54) is 12.1 Å². The highest BCUT2D eigenvalue weighted by atomic mass is 79.9. The van der Waals surface area contributed by atoms with Crippen molar-refractivity contribution in [2.24, 2.45) is 0 Å². The first-order valence-electron chi connectivity index (χ1n) is 8.60. The van der Waals surface area contributed by atoms with E-state index in [4.69, 9.17) is 16.6 Å². The van der Waals surface area contributed by atoms with E-state index in [2.05, 4.69) is 26.6 Å². The number of rotatable bonds is 3. The van der Waals surface area contributed by atoms with Crippen LogP contribution in [-0.2, 0) is 12.4 Å². The third-order valence-electron chi connectivity index (χ3n) is 4.03. The van der Waals surface area contributed by atoms with E-state index in [-0.39, 0.29) is 11.8 Å². The smallest absolute Gasteiger partial charge is 0.416 e. The number of carbonyl (C=O) groups is 1. The first-order valence-corrected chi connectivity index (χ1v) is 9.80. The lowest BCUT2D eigenvalue weighted by Crippen LogP contribution is -2.34. The summed E-state index contributed by atoms with van der Waals surface area (Å²) < 4.78 is 84.0. The first kappa shape index (κ1) is 23.8. The molecule has 0 fully saturated rings. The van der Waals surface area contributed by atoms with Gasteiger partial charge in [-0.2, -0.15) is 26.3 Å². The van der Waals surface area contributed by atoms with Gasteiger partial charge in [0.25, 0.3) is 5.91 Å². The summed E-state index contributed by atoms with van der Waals surface area (Å²) >= 11 is 8.14. The van der Waals surface area contributed by atoms with Gasteiger partial charge in [0, 0.05) is 15.7 Å². The van der Waals surface area contributed by atoms with Gasteiger partial charge < -0.3 is 9.73 Å². The van der Waals surface area contributed by atoms with Crippen LogP contribution in [0.3, 0.4) is 0 Å². The molecule has 3 rings (SSSR count). The summed E-state index contributed by atoms with van der Waals surface area (Å²) in [6.45, 7) is 0. The molecule has 168 valence electrons. The Hall–Kier alpha value is -2.86. The van der Waals surface area contributed by atoms with E-state index in [0.29, 0.717) is 23.5 Å². The average Bonchev–Trinajstić information content (AvgIpc) is 3.17. The van der Waals surface area contributed by atoms with Crippen molar-refractivity contribution in [1.29, 1.82) is 0 Å². The molecular weight excluding hydrogens is 526 g/mol.